The summed E-state index contributed by atoms with van der Waals surface area (Å²) in [4.78, 5) is 27.6. The number of carbonyl (C=O) groups excluding carboxylic acids is 1. The molecule has 3 N–H and O–H groups in total. The summed E-state index contributed by atoms with van der Waals surface area (Å²) in [5, 5.41) is 24.6. The number of nitrogens with one attached hydrogen (secondary N) is 1. The van der Waals surface area contributed by atoms with Crippen LogP contribution in [-0.4, -0.2) is 86.6 Å². The molecular formula is C25H36N6O3. The lowest BCUT2D eigenvalue weighted by atomic mass is 10.00. The van der Waals surface area contributed by atoms with E-state index < -0.39 is 5.91 Å². The lowest BCUT2D eigenvalue weighted by molar-refractivity contribution is -0.276. The monoisotopic (exact) mass is 468 g/mol. The van der Waals surface area contributed by atoms with Gasteiger partial charge in [-0.2, -0.15) is 0 Å². The van der Waals surface area contributed by atoms with Crippen molar-refractivity contribution in [3.63, 3.8) is 0 Å². The predicted octanol–water partition coefficient (Wildman–Crippen LogP) is 2.14. The molecule has 2 aromatic heterocycles. The first-order valence-electron chi connectivity index (χ1n) is 12.3. The first kappa shape index (κ1) is 24.5. The van der Waals surface area contributed by atoms with Gasteiger partial charge in [-0.05, 0) is 63.5 Å². The van der Waals surface area contributed by atoms with Gasteiger partial charge in [-0.25, -0.2) is 9.88 Å². The first-order valence-corrected chi connectivity index (χ1v) is 12.3. The second kappa shape index (κ2) is 10.8. The van der Waals surface area contributed by atoms with Crippen molar-refractivity contribution in [2.75, 3.05) is 42.9 Å². The van der Waals surface area contributed by atoms with Crippen LogP contribution in [0.5, 0.6) is 0 Å². The van der Waals surface area contributed by atoms with Crippen molar-refractivity contribution in [2.45, 2.75) is 57.5 Å². The van der Waals surface area contributed by atoms with Gasteiger partial charge in [0.15, 0.2) is 0 Å². The van der Waals surface area contributed by atoms with Gasteiger partial charge in [0.2, 0.25) is 5.91 Å². The van der Waals surface area contributed by atoms with Crippen molar-refractivity contribution in [1.82, 2.24) is 19.8 Å². The van der Waals surface area contributed by atoms with Crippen molar-refractivity contribution < 1.29 is 15.0 Å². The fourth-order valence-electron chi connectivity index (χ4n) is 4.90. The van der Waals surface area contributed by atoms with E-state index in [1.54, 1.807) is 30.6 Å². The third-order valence-corrected chi connectivity index (χ3v) is 7.17. The molecule has 0 radical (unpaired) electrons. The second-order valence-corrected chi connectivity index (χ2v) is 9.30. The SMILES string of the molecule is CCC(C)N1CCC(N2CCN(c3cccc(C(=O)Nc4ccncc4)n3)CCC2(O)O)CC1. The highest BCUT2D eigenvalue weighted by Gasteiger charge is 2.40. The topological polar surface area (TPSA) is 105 Å². The number of pyridine rings is 2. The Morgan fingerprint density at radius 1 is 1.12 bits per heavy atom. The highest BCUT2D eigenvalue weighted by atomic mass is 16.5. The van der Waals surface area contributed by atoms with Gasteiger partial charge in [-0.1, -0.05) is 13.0 Å². The van der Waals surface area contributed by atoms with E-state index in [2.05, 4.69) is 34.0 Å². The number of aliphatic hydroxyl groups is 2. The molecule has 0 aliphatic carbocycles. The number of aromatic nitrogens is 2. The summed E-state index contributed by atoms with van der Waals surface area (Å²) in [6.45, 7) is 7.99. The molecule has 4 rings (SSSR count). The molecule has 0 spiro atoms. The number of piperidine rings is 1. The molecule has 0 aromatic carbocycles. The number of anilines is 2. The maximum Gasteiger partial charge on any atom is 0.274 e. The van der Waals surface area contributed by atoms with Crippen molar-refractivity contribution in [1.29, 1.82) is 0 Å². The summed E-state index contributed by atoms with van der Waals surface area (Å²) in [7, 11) is 0. The standard InChI is InChI=1S/C25H36N6O3/c1-3-19(2)29-14-9-21(10-15-29)31-18-17-30(16-11-25(31,33)34)23-6-4-5-22(28-23)24(32)27-20-7-12-26-13-8-20/h4-8,12-13,19,21,33-34H,3,9-11,14-18H2,1-2H3,(H,26,27,32). The van der Waals surface area contributed by atoms with Gasteiger partial charge in [0.25, 0.3) is 5.91 Å². The van der Waals surface area contributed by atoms with Crippen molar-refractivity contribution in [2.24, 2.45) is 0 Å². The molecule has 2 fully saturated rings. The fourth-order valence-corrected chi connectivity index (χ4v) is 4.90. The van der Waals surface area contributed by atoms with Crippen LogP contribution in [0.4, 0.5) is 11.5 Å². The van der Waals surface area contributed by atoms with Crippen LogP contribution in [0.3, 0.4) is 0 Å². The van der Waals surface area contributed by atoms with E-state index in [1.807, 2.05) is 21.9 Å². The molecule has 9 heteroatoms. The van der Waals surface area contributed by atoms with E-state index >= 15 is 0 Å². The molecule has 4 heterocycles. The number of hydrogen-bond donors (Lipinski definition) is 3. The number of hydrogen-bond acceptors (Lipinski definition) is 8. The molecule has 1 unspecified atom stereocenters. The van der Waals surface area contributed by atoms with Crippen LogP contribution in [-0.2, 0) is 0 Å². The maximum atomic E-state index is 12.7. The summed E-state index contributed by atoms with van der Waals surface area (Å²) < 4.78 is 0. The summed E-state index contributed by atoms with van der Waals surface area (Å²) in [5.41, 5.74) is 0.967. The van der Waals surface area contributed by atoms with E-state index in [9.17, 15) is 15.0 Å². The molecule has 0 bridgehead atoms. The van der Waals surface area contributed by atoms with Crippen molar-refractivity contribution in [3.05, 3.63) is 48.4 Å². The average Bonchev–Trinajstić information content (AvgIpc) is 3.02. The Bertz CT molecular complexity index is 949. The van der Waals surface area contributed by atoms with E-state index in [0.29, 0.717) is 42.9 Å². The van der Waals surface area contributed by atoms with Crippen LogP contribution >= 0.6 is 0 Å². The molecule has 1 amide bonds. The Kier molecular flexibility index (Phi) is 7.77. The van der Waals surface area contributed by atoms with Gasteiger partial charge in [-0.3, -0.25) is 9.78 Å². The summed E-state index contributed by atoms with van der Waals surface area (Å²) in [6.07, 6.45) is 6.40. The third kappa shape index (κ3) is 5.72. The molecule has 9 nitrogen and oxygen atoms in total. The lowest BCUT2D eigenvalue weighted by Crippen LogP contribution is -2.57. The van der Waals surface area contributed by atoms with Gasteiger partial charge in [0, 0.05) is 56.2 Å². The Hall–Kier alpha value is -2.59. The third-order valence-electron chi connectivity index (χ3n) is 7.17. The Morgan fingerprint density at radius 3 is 2.56 bits per heavy atom. The molecule has 184 valence electrons. The summed E-state index contributed by atoms with van der Waals surface area (Å²) >= 11 is 0. The van der Waals surface area contributed by atoms with Crippen molar-refractivity contribution >= 4 is 17.4 Å². The molecule has 2 aromatic rings. The van der Waals surface area contributed by atoms with Gasteiger partial charge in [0.1, 0.15) is 11.5 Å². The van der Waals surface area contributed by atoms with Crippen LogP contribution in [0.15, 0.2) is 42.7 Å². The fraction of sp³-hybridized carbons (Fsp3) is 0.560. The highest BCUT2D eigenvalue weighted by Crippen LogP contribution is 2.28. The van der Waals surface area contributed by atoms with Crippen LogP contribution in [0.1, 0.15) is 50.0 Å². The smallest absolute Gasteiger partial charge is 0.274 e. The lowest BCUT2D eigenvalue weighted by Gasteiger charge is -2.44. The highest BCUT2D eigenvalue weighted by molar-refractivity contribution is 6.03. The minimum absolute atomic E-state index is 0.140. The van der Waals surface area contributed by atoms with Gasteiger partial charge >= 0.3 is 0 Å². The predicted molar refractivity (Wildman–Crippen MR) is 131 cm³/mol. The van der Waals surface area contributed by atoms with E-state index in [0.717, 1.165) is 32.4 Å². The quantitative estimate of drug-likeness (QED) is 0.554. The molecule has 2 aliphatic rings. The zero-order valence-electron chi connectivity index (χ0n) is 20.1. The Labute approximate surface area is 201 Å². The Balaban J connectivity index is 1.41. The maximum absolute atomic E-state index is 12.7. The van der Waals surface area contributed by atoms with Crippen LogP contribution in [0, 0.1) is 0 Å². The summed E-state index contributed by atoms with van der Waals surface area (Å²) in [6, 6.07) is 9.49. The minimum Gasteiger partial charge on any atom is -0.355 e. The number of likely N-dealkylation sites (tertiary alicyclic amines) is 1. The van der Waals surface area contributed by atoms with Crippen LogP contribution in [0.2, 0.25) is 0 Å². The number of nitrogens with zero attached hydrogens (tertiary/aromatic N) is 5. The van der Waals surface area contributed by atoms with E-state index in [-0.39, 0.29) is 18.4 Å². The zero-order valence-corrected chi connectivity index (χ0v) is 20.1. The van der Waals surface area contributed by atoms with Crippen LogP contribution in [0.25, 0.3) is 0 Å². The van der Waals surface area contributed by atoms with E-state index in [1.165, 1.54) is 0 Å². The molecular weight excluding hydrogens is 432 g/mol. The van der Waals surface area contributed by atoms with Crippen LogP contribution < -0.4 is 10.2 Å². The molecule has 0 saturated carbocycles. The van der Waals surface area contributed by atoms with E-state index in [4.69, 9.17) is 0 Å². The second-order valence-electron chi connectivity index (χ2n) is 9.30. The van der Waals surface area contributed by atoms with Gasteiger partial charge in [0.05, 0.1) is 0 Å². The largest absolute Gasteiger partial charge is 0.355 e. The van der Waals surface area contributed by atoms with Gasteiger partial charge < -0.3 is 25.3 Å². The first-order chi connectivity index (χ1) is 16.4. The number of rotatable bonds is 6. The summed E-state index contributed by atoms with van der Waals surface area (Å²) in [5.74, 6) is -1.49. The minimum atomic E-state index is -1.85. The molecule has 1 atom stereocenters. The number of amides is 1. The van der Waals surface area contributed by atoms with Crippen molar-refractivity contribution in [3.8, 4) is 0 Å². The Morgan fingerprint density at radius 2 is 1.85 bits per heavy atom. The molecule has 2 saturated heterocycles. The normalized spacial score (nSPS) is 21.1. The molecule has 34 heavy (non-hydrogen) atoms. The van der Waals surface area contributed by atoms with Gasteiger partial charge in [-0.15, -0.1) is 0 Å². The number of carbonyl (C=O) groups is 1. The zero-order chi connectivity index (χ0) is 24.1. The molecule has 2 aliphatic heterocycles. The average molecular weight is 469 g/mol.